The number of hydrogen-bond donors (Lipinski definition) is 9. The van der Waals surface area contributed by atoms with E-state index in [9.17, 15) is 24.0 Å². The molecule has 4 fully saturated rings. The van der Waals surface area contributed by atoms with Crippen molar-refractivity contribution in [1.29, 1.82) is 0 Å². The lowest BCUT2D eigenvalue weighted by Gasteiger charge is -2.27. The highest BCUT2D eigenvalue weighted by Gasteiger charge is 2.28. The van der Waals surface area contributed by atoms with Gasteiger partial charge in [-0.2, -0.15) is 40.8 Å². The summed E-state index contributed by atoms with van der Waals surface area (Å²) in [6.07, 6.45) is 36.1. The number of nitrogens with zero attached hydrogens (tertiary/aromatic N) is 25. The second kappa shape index (κ2) is 44.0. The summed E-state index contributed by atoms with van der Waals surface area (Å²) in [6.45, 7) is 14.7. The minimum atomic E-state index is -0.343. The Kier molecular flexibility index (Phi) is 30.0. The Labute approximate surface area is 788 Å². The fourth-order valence-corrected chi connectivity index (χ4v) is 15.7. The van der Waals surface area contributed by atoms with Gasteiger partial charge in [-0.05, 0) is 156 Å². The lowest BCUT2D eigenvalue weighted by Crippen LogP contribution is -2.37. The van der Waals surface area contributed by atoms with Gasteiger partial charge in [-0.1, -0.05) is 30.3 Å². The summed E-state index contributed by atoms with van der Waals surface area (Å²) in [4.78, 5) is 108. The number of aryl methyl sites for hydroxylation is 6. The van der Waals surface area contributed by atoms with Crippen LogP contribution in [0.3, 0.4) is 0 Å². The molecule has 4 aliphatic heterocycles. The van der Waals surface area contributed by atoms with Gasteiger partial charge in [0.2, 0.25) is 0 Å². The lowest BCUT2D eigenvalue weighted by atomic mass is 10.1. The minimum Gasteiger partial charge on any atom is -0.495 e. The molecule has 0 aromatic carbocycles. The molecule has 4 saturated heterocycles. The van der Waals surface area contributed by atoms with E-state index in [1.165, 1.54) is 6.42 Å². The quantitative estimate of drug-likeness (QED) is 0.0287. The third-order valence-electron chi connectivity index (χ3n) is 22.2. The molecule has 0 atom stereocenters. The van der Waals surface area contributed by atoms with E-state index in [2.05, 4.69) is 161 Å². The molecule has 20 heterocycles. The van der Waals surface area contributed by atoms with Gasteiger partial charge in [0.25, 0.3) is 29.5 Å². The van der Waals surface area contributed by atoms with Crippen LogP contribution in [-0.4, -0.2) is 228 Å². The zero-order valence-corrected chi connectivity index (χ0v) is 77.3. The van der Waals surface area contributed by atoms with Crippen LogP contribution in [0, 0.1) is 6.92 Å². The van der Waals surface area contributed by atoms with Crippen molar-refractivity contribution in [3.05, 3.63) is 248 Å². The largest absolute Gasteiger partial charge is 0.495 e. The number of rotatable bonds is 23. The summed E-state index contributed by atoms with van der Waals surface area (Å²) in [6, 6.07) is 34.7. The molecule has 41 heteroatoms. The van der Waals surface area contributed by atoms with Crippen LogP contribution >= 0.6 is 0 Å². The van der Waals surface area contributed by atoms with Crippen LogP contribution in [0.25, 0.3) is 67.7 Å². The van der Waals surface area contributed by atoms with Crippen LogP contribution in [0.2, 0.25) is 0 Å². The van der Waals surface area contributed by atoms with Crippen molar-refractivity contribution in [3.63, 3.8) is 0 Å². The standard InChI is InChI=1S/C24H25N7O2.C20H22N6O.C18H21N7O.C17H19N7O2.C17H19N7O/c1-15(2)27-17-10-16(11-25-12-17)19-6-5-7-21(28-19)24(32)29-22-14-31(3)30-23(22)20-9-8-18(33-4)13-26-20;1-14-10-15(12-21-11-14)16-6-5-7-17(22-16)20(27)23-18-13-25(2)24-19(18)26-8-3-4-9-26;1-24-12-16(17(23-24)25-8-3-2-4-9-25)22-18(26)15-7-5-6-14(21-15)13-10-19-20-11-13;1-23-11-15(16(22-23)24-5-7-26-8-6-24)21-17(25)14-4-2-3-13(20-14)12-9-18-19-10-12;1-23-11-15(16(22-23)24-7-2-3-8-24)21-17(25)14-6-4-5-13(20-14)12-9-18-19-10-12/h5-15,27H,1-4H3,(H,29,32);5-7,10-13H,3-4,8-9H2,1-2H3,(H,23,27);5-7,10-12H,2-4,8-9H2,1H3,(H,19,20)(H,22,26);2-4,9-11H,5-8H2,1H3,(H,18,19)(H,21,25);4-6,9-11H,2-3,7-8H2,1H3,(H,18,19)(H,21,25). The number of amides is 5. The molecule has 4 aliphatic rings. The molecular weight excluding hydrogens is 1740 g/mol. The fourth-order valence-electron chi connectivity index (χ4n) is 15.7. The number of hydrogen-bond acceptors (Lipinski definition) is 28. The highest BCUT2D eigenvalue weighted by atomic mass is 16.5. The van der Waals surface area contributed by atoms with Gasteiger partial charge >= 0.3 is 0 Å². The molecule has 0 aliphatic carbocycles. The summed E-state index contributed by atoms with van der Waals surface area (Å²) < 4.78 is 19.0. The van der Waals surface area contributed by atoms with Crippen molar-refractivity contribution in [3.8, 4) is 73.4 Å². The topological polar surface area (TPSA) is 467 Å². The van der Waals surface area contributed by atoms with E-state index in [-0.39, 0.29) is 41.3 Å². The number of aromatic nitrogens is 24. The minimum absolute atomic E-state index is 0.245. The van der Waals surface area contributed by atoms with Gasteiger partial charge in [0, 0.05) is 171 Å². The Morgan fingerprint density at radius 3 is 1.04 bits per heavy atom. The van der Waals surface area contributed by atoms with E-state index >= 15 is 0 Å². The molecule has 5 amide bonds. The number of anilines is 10. The molecule has 16 aromatic heterocycles. The summed E-state index contributed by atoms with van der Waals surface area (Å²) in [5.41, 5.74) is 15.9. The van der Waals surface area contributed by atoms with Crippen LogP contribution in [-0.2, 0) is 40.0 Å². The SMILES string of the molecule is COc1ccc(-c2nn(C)cc2NC(=O)c2cccc(-c3cncc(NC(C)C)c3)n2)nc1.Cc1cncc(-c2cccc(C(=O)Nc3cn(C)nc3N3CCCC3)n2)c1.Cn1cc(NC(=O)c2cccc(-c3cn[nH]c3)n2)c(N2CCCC2)n1.Cn1cc(NC(=O)c2cccc(-c3cn[nH]c3)n2)c(N2CCCCC2)n1.Cn1cc(NC(=O)c2cccc(-c3cn[nH]c3)n2)c(N2CCOCC2)n1. The van der Waals surface area contributed by atoms with Gasteiger partial charge in [0.05, 0.1) is 115 Å². The number of nitrogens with one attached hydrogen (secondary N) is 9. The number of aromatic amines is 3. The van der Waals surface area contributed by atoms with Crippen molar-refractivity contribution in [1.82, 2.24) is 119 Å². The molecule has 0 unspecified atom stereocenters. The Morgan fingerprint density at radius 2 is 0.701 bits per heavy atom. The molecule has 0 radical (unpaired) electrons. The van der Waals surface area contributed by atoms with Crippen LogP contribution in [0.5, 0.6) is 5.75 Å². The highest BCUT2D eigenvalue weighted by Crippen LogP contribution is 2.34. The zero-order valence-electron chi connectivity index (χ0n) is 77.3. The van der Waals surface area contributed by atoms with E-state index in [0.717, 1.165) is 165 Å². The maximum absolute atomic E-state index is 13.0. The van der Waals surface area contributed by atoms with Gasteiger partial charge < -0.3 is 61.0 Å². The summed E-state index contributed by atoms with van der Waals surface area (Å²) >= 11 is 0. The number of carbonyl (C=O) groups is 5. The number of pyridine rings is 8. The van der Waals surface area contributed by atoms with Crippen molar-refractivity contribution in [2.24, 2.45) is 35.2 Å². The molecule has 137 heavy (non-hydrogen) atoms. The smallest absolute Gasteiger partial charge is 0.274 e. The van der Waals surface area contributed by atoms with E-state index in [1.54, 1.807) is 173 Å². The Bertz CT molecular complexity index is 6620. The average molecular weight is 1850 g/mol. The number of piperidine rings is 1. The van der Waals surface area contributed by atoms with Crippen molar-refractivity contribution >= 4 is 86.9 Å². The van der Waals surface area contributed by atoms with Gasteiger partial charge in [-0.3, -0.25) is 77.6 Å². The van der Waals surface area contributed by atoms with E-state index in [1.807, 2.05) is 114 Å². The van der Waals surface area contributed by atoms with Gasteiger partial charge in [-0.15, -0.1) is 0 Å². The predicted molar refractivity (Wildman–Crippen MR) is 521 cm³/mol. The third-order valence-corrected chi connectivity index (χ3v) is 22.2. The molecule has 0 saturated carbocycles. The monoisotopic (exact) mass is 1850 g/mol. The van der Waals surface area contributed by atoms with E-state index < -0.39 is 0 Å². The zero-order chi connectivity index (χ0) is 95.3. The number of carbonyl (C=O) groups excluding carboxylic acids is 5. The van der Waals surface area contributed by atoms with Gasteiger partial charge in [0.15, 0.2) is 23.3 Å². The maximum Gasteiger partial charge on any atom is 0.274 e. The molecule has 0 spiro atoms. The van der Waals surface area contributed by atoms with Gasteiger partial charge in [-0.25, -0.2) is 24.9 Å². The first-order chi connectivity index (χ1) is 66.6. The summed E-state index contributed by atoms with van der Waals surface area (Å²) in [5.74, 6) is 2.49. The van der Waals surface area contributed by atoms with Crippen LogP contribution in [0.1, 0.15) is 117 Å². The molecule has 41 nitrogen and oxygen atoms in total. The number of H-pyrrole nitrogens is 3. The maximum atomic E-state index is 13.0. The fraction of sp³-hybridized carbons (Fsp3) is 0.281. The Morgan fingerprint density at radius 1 is 0.365 bits per heavy atom. The molecule has 9 N–H and O–H groups in total. The van der Waals surface area contributed by atoms with E-state index in [4.69, 9.17) is 9.47 Å². The molecule has 20 rings (SSSR count). The summed E-state index contributed by atoms with van der Waals surface area (Å²) in [7, 11) is 10.8. The average Bonchev–Trinajstić information content (AvgIpc) is 1.86. The predicted octanol–water partition coefficient (Wildman–Crippen LogP) is 12.9. The van der Waals surface area contributed by atoms with E-state index in [0.29, 0.717) is 98.7 Å². The Hall–Kier alpha value is -17.0. The first-order valence-corrected chi connectivity index (χ1v) is 44.9. The lowest BCUT2D eigenvalue weighted by molar-refractivity contribution is 0.101. The molecule has 16 aromatic rings. The Balaban J connectivity index is 0.000000124. The second-order valence-corrected chi connectivity index (χ2v) is 33.1. The first-order valence-electron chi connectivity index (χ1n) is 44.9. The number of morpholine rings is 1. The third kappa shape index (κ3) is 24.1. The molecular formula is C96H106N34O7. The van der Waals surface area contributed by atoms with Gasteiger partial charge in [0.1, 0.15) is 62.7 Å². The van der Waals surface area contributed by atoms with Crippen LogP contribution < -0.4 is 56.2 Å². The molecule has 0 bridgehead atoms. The number of ether oxygens (including phenoxy) is 2. The van der Waals surface area contributed by atoms with Crippen LogP contribution in [0.15, 0.2) is 214 Å². The first kappa shape index (κ1) is 93.2. The van der Waals surface area contributed by atoms with Crippen LogP contribution in [0.4, 0.5) is 57.4 Å². The van der Waals surface area contributed by atoms with Crippen molar-refractivity contribution in [2.75, 3.05) is 124 Å². The second-order valence-electron chi connectivity index (χ2n) is 33.1. The summed E-state index contributed by atoms with van der Waals surface area (Å²) in [5, 5.41) is 60.5. The van der Waals surface area contributed by atoms with Crippen molar-refractivity contribution in [2.45, 2.75) is 71.8 Å². The normalized spacial score (nSPS) is 13.4. The highest BCUT2D eigenvalue weighted by molar-refractivity contribution is 6.08. The number of methoxy groups -OCH3 is 1. The van der Waals surface area contributed by atoms with Crippen molar-refractivity contribution < 1.29 is 33.4 Å². The molecule has 702 valence electrons.